The van der Waals surface area contributed by atoms with Gasteiger partial charge in [0.15, 0.2) is 11.9 Å². The van der Waals surface area contributed by atoms with E-state index in [0.29, 0.717) is 0 Å². The van der Waals surface area contributed by atoms with Crippen LogP contribution in [0.5, 0.6) is 5.75 Å². The standard InChI is InChI=1S/C10H13NO2/c1-10(2)6-5-8-9(13-10)4-3-7-11(8)12/h3-4,7H,5-6H2,1-2H3. The Bertz CT molecular complexity index is 334. The molecule has 0 atom stereocenters. The van der Waals surface area contributed by atoms with Gasteiger partial charge in [-0.15, -0.1) is 0 Å². The Hall–Kier alpha value is -1.25. The molecule has 70 valence electrons. The minimum absolute atomic E-state index is 0.138. The van der Waals surface area contributed by atoms with Crippen molar-refractivity contribution in [2.75, 3.05) is 0 Å². The Morgan fingerprint density at radius 3 is 3.08 bits per heavy atom. The summed E-state index contributed by atoms with van der Waals surface area (Å²) in [6.45, 7) is 4.08. The van der Waals surface area contributed by atoms with Crippen molar-refractivity contribution in [3.05, 3.63) is 29.2 Å². The van der Waals surface area contributed by atoms with Crippen LogP contribution in [0.2, 0.25) is 0 Å². The minimum atomic E-state index is -0.138. The molecule has 3 nitrogen and oxygen atoms in total. The Kier molecular flexibility index (Phi) is 1.68. The maximum Gasteiger partial charge on any atom is 0.235 e. The summed E-state index contributed by atoms with van der Waals surface area (Å²) in [7, 11) is 0. The van der Waals surface area contributed by atoms with Crippen molar-refractivity contribution in [3.8, 4) is 5.75 Å². The van der Waals surface area contributed by atoms with Crippen LogP contribution in [0.3, 0.4) is 0 Å². The summed E-state index contributed by atoms with van der Waals surface area (Å²) >= 11 is 0. The van der Waals surface area contributed by atoms with Crippen LogP contribution in [0.25, 0.3) is 0 Å². The zero-order chi connectivity index (χ0) is 9.47. The number of ether oxygens (including phenoxy) is 1. The molecule has 0 fully saturated rings. The largest absolute Gasteiger partial charge is 0.618 e. The van der Waals surface area contributed by atoms with Gasteiger partial charge in [0, 0.05) is 12.5 Å². The lowest BCUT2D eigenvalue weighted by atomic mass is 9.97. The number of nitrogens with zero attached hydrogens (tertiary/aromatic N) is 1. The molecule has 0 bridgehead atoms. The normalized spacial score (nSPS) is 18.9. The van der Waals surface area contributed by atoms with Gasteiger partial charge in [0.1, 0.15) is 5.60 Å². The van der Waals surface area contributed by atoms with Crippen molar-refractivity contribution < 1.29 is 9.47 Å². The van der Waals surface area contributed by atoms with Crippen LogP contribution in [-0.4, -0.2) is 5.60 Å². The third-order valence-corrected chi connectivity index (χ3v) is 2.37. The van der Waals surface area contributed by atoms with E-state index in [1.54, 1.807) is 6.07 Å². The third-order valence-electron chi connectivity index (χ3n) is 2.37. The van der Waals surface area contributed by atoms with Gasteiger partial charge in [0.05, 0.1) is 0 Å². The second-order valence-corrected chi connectivity index (χ2v) is 4.01. The smallest absolute Gasteiger partial charge is 0.235 e. The zero-order valence-corrected chi connectivity index (χ0v) is 7.91. The number of hydrogen-bond donors (Lipinski definition) is 0. The molecule has 0 amide bonds. The summed E-state index contributed by atoms with van der Waals surface area (Å²) in [5, 5.41) is 11.3. The second kappa shape index (κ2) is 2.62. The maximum atomic E-state index is 11.3. The molecule has 1 aliphatic rings. The van der Waals surface area contributed by atoms with Gasteiger partial charge in [-0.25, -0.2) is 0 Å². The topological polar surface area (TPSA) is 36.2 Å². The Morgan fingerprint density at radius 1 is 1.54 bits per heavy atom. The van der Waals surface area contributed by atoms with E-state index in [9.17, 15) is 5.21 Å². The average Bonchev–Trinajstić information content (AvgIpc) is 2.02. The van der Waals surface area contributed by atoms with E-state index in [-0.39, 0.29) is 5.60 Å². The van der Waals surface area contributed by atoms with E-state index >= 15 is 0 Å². The molecule has 2 rings (SSSR count). The summed E-state index contributed by atoms with van der Waals surface area (Å²) in [6, 6.07) is 3.57. The average molecular weight is 179 g/mol. The number of rotatable bonds is 0. The van der Waals surface area contributed by atoms with Crippen LogP contribution in [0.15, 0.2) is 18.3 Å². The second-order valence-electron chi connectivity index (χ2n) is 4.01. The number of fused-ring (bicyclic) bond motifs is 1. The van der Waals surface area contributed by atoms with E-state index in [2.05, 4.69) is 0 Å². The first kappa shape index (κ1) is 8.35. The fourth-order valence-electron chi connectivity index (χ4n) is 1.60. The van der Waals surface area contributed by atoms with Gasteiger partial charge in [0.2, 0.25) is 5.69 Å². The predicted molar refractivity (Wildman–Crippen MR) is 48.4 cm³/mol. The monoisotopic (exact) mass is 179 g/mol. The van der Waals surface area contributed by atoms with Gasteiger partial charge in [-0.1, -0.05) is 0 Å². The first-order valence-electron chi connectivity index (χ1n) is 4.49. The maximum absolute atomic E-state index is 11.3. The Morgan fingerprint density at radius 2 is 2.31 bits per heavy atom. The van der Waals surface area contributed by atoms with Gasteiger partial charge in [-0.05, 0) is 26.3 Å². The van der Waals surface area contributed by atoms with E-state index in [1.165, 1.54) is 6.20 Å². The van der Waals surface area contributed by atoms with E-state index in [0.717, 1.165) is 29.0 Å². The SMILES string of the molecule is CC1(C)CCc2c(ccc[n+]2[O-])O1. The molecule has 0 radical (unpaired) electrons. The highest BCUT2D eigenvalue weighted by Gasteiger charge is 2.30. The molecule has 13 heavy (non-hydrogen) atoms. The van der Waals surface area contributed by atoms with Gasteiger partial charge in [-0.2, -0.15) is 4.73 Å². The molecule has 0 saturated heterocycles. The zero-order valence-electron chi connectivity index (χ0n) is 7.91. The van der Waals surface area contributed by atoms with Crippen molar-refractivity contribution in [3.63, 3.8) is 0 Å². The lowest BCUT2D eigenvalue weighted by Crippen LogP contribution is -2.40. The quantitative estimate of drug-likeness (QED) is 0.446. The van der Waals surface area contributed by atoms with E-state index in [4.69, 9.17) is 4.74 Å². The number of pyridine rings is 1. The molecule has 0 N–H and O–H groups in total. The fraction of sp³-hybridized carbons (Fsp3) is 0.500. The van der Waals surface area contributed by atoms with Crippen molar-refractivity contribution in [1.82, 2.24) is 0 Å². The molecule has 0 spiro atoms. The number of aromatic nitrogens is 1. The van der Waals surface area contributed by atoms with Crippen molar-refractivity contribution in [1.29, 1.82) is 0 Å². The van der Waals surface area contributed by atoms with Crippen LogP contribution in [-0.2, 0) is 6.42 Å². The molecular formula is C10H13NO2. The van der Waals surface area contributed by atoms with Gasteiger partial charge in [-0.3, -0.25) is 0 Å². The van der Waals surface area contributed by atoms with Gasteiger partial charge < -0.3 is 9.94 Å². The Labute approximate surface area is 77.5 Å². The fourth-order valence-corrected chi connectivity index (χ4v) is 1.60. The lowest BCUT2D eigenvalue weighted by Gasteiger charge is -2.30. The molecule has 0 aromatic carbocycles. The van der Waals surface area contributed by atoms with Gasteiger partial charge >= 0.3 is 0 Å². The first-order chi connectivity index (χ1) is 6.08. The Balaban J connectivity index is 2.42. The molecule has 1 aromatic rings. The van der Waals surface area contributed by atoms with Crippen LogP contribution in [0, 0.1) is 5.21 Å². The van der Waals surface area contributed by atoms with Crippen molar-refractivity contribution in [2.45, 2.75) is 32.3 Å². The third kappa shape index (κ3) is 1.46. The lowest BCUT2D eigenvalue weighted by molar-refractivity contribution is -0.615. The summed E-state index contributed by atoms with van der Waals surface area (Å²) in [4.78, 5) is 0. The molecule has 2 heterocycles. The summed E-state index contributed by atoms with van der Waals surface area (Å²) in [6.07, 6.45) is 3.21. The van der Waals surface area contributed by atoms with Gasteiger partial charge in [0.25, 0.3) is 0 Å². The summed E-state index contributed by atoms with van der Waals surface area (Å²) in [5.41, 5.74) is 0.614. The van der Waals surface area contributed by atoms with E-state index in [1.807, 2.05) is 19.9 Å². The highest BCUT2D eigenvalue weighted by Crippen LogP contribution is 2.30. The van der Waals surface area contributed by atoms with Crippen LogP contribution < -0.4 is 9.47 Å². The van der Waals surface area contributed by atoms with Crippen LogP contribution >= 0.6 is 0 Å². The molecule has 0 unspecified atom stereocenters. The molecule has 0 saturated carbocycles. The van der Waals surface area contributed by atoms with Crippen molar-refractivity contribution >= 4 is 0 Å². The van der Waals surface area contributed by atoms with E-state index < -0.39 is 0 Å². The molecule has 1 aliphatic heterocycles. The summed E-state index contributed by atoms with van der Waals surface area (Å²) < 4.78 is 6.57. The molecule has 1 aromatic heterocycles. The minimum Gasteiger partial charge on any atom is -0.618 e. The number of hydrogen-bond acceptors (Lipinski definition) is 2. The highest BCUT2D eigenvalue weighted by molar-refractivity contribution is 5.26. The highest BCUT2D eigenvalue weighted by atomic mass is 16.5. The predicted octanol–water partition coefficient (Wildman–Crippen LogP) is 1.42. The molecule has 3 heteroatoms. The van der Waals surface area contributed by atoms with Crippen molar-refractivity contribution in [2.24, 2.45) is 0 Å². The van der Waals surface area contributed by atoms with Crippen LogP contribution in [0.1, 0.15) is 26.0 Å². The molecular weight excluding hydrogens is 166 g/mol. The summed E-state index contributed by atoms with van der Waals surface area (Å²) in [5.74, 6) is 0.730. The first-order valence-corrected chi connectivity index (χ1v) is 4.49. The van der Waals surface area contributed by atoms with Crippen LogP contribution in [0.4, 0.5) is 0 Å². The molecule has 0 aliphatic carbocycles.